The number of benzene rings is 1. The number of aromatic amines is 1. The predicted molar refractivity (Wildman–Crippen MR) is 65.0 cm³/mol. The van der Waals surface area contributed by atoms with Gasteiger partial charge in [-0.05, 0) is 25.0 Å². The van der Waals surface area contributed by atoms with Gasteiger partial charge in [0.1, 0.15) is 0 Å². The predicted octanol–water partition coefficient (Wildman–Crippen LogP) is 3.98. The van der Waals surface area contributed by atoms with E-state index in [1.165, 1.54) is 36.8 Å². The van der Waals surface area contributed by atoms with E-state index >= 15 is 0 Å². The molecule has 2 nitrogen and oxygen atoms in total. The van der Waals surface area contributed by atoms with Crippen molar-refractivity contribution in [3.8, 4) is 0 Å². The molecule has 78 valence electrons. The minimum atomic E-state index is 0.689. The van der Waals surface area contributed by atoms with Crippen LogP contribution in [-0.4, -0.2) is 10.2 Å². The first kappa shape index (κ1) is 9.40. The third-order valence-corrected chi connectivity index (χ3v) is 3.98. The molecular formula is C12H13BrN2. The van der Waals surface area contributed by atoms with Crippen LogP contribution in [0.1, 0.15) is 37.3 Å². The van der Waals surface area contributed by atoms with Crippen LogP contribution in [0.4, 0.5) is 0 Å². The molecule has 1 saturated carbocycles. The van der Waals surface area contributed by atoms with Crippen molar-refractivity contribution in [3.63, 3.8) is 0 Å². The molecule has 0 amide bonds. The molecule has 1 heterocycles. The molecule has 0 aliphatic heterocycles. The van der Waals surface area contributed by atoms with Gasteiger partial charge in [0.05, 0.1) is 5.52 Å². The van der Waals surface area contributed by atoms with Gasteiger partial charge in [0, 0.05) is 21.5 Å². The molecule has 3 rings (SSSR count). The normalized spacial score (nSPS) is 17.7. The lowest BCUT2D eigenvalue weighted by molar-refractivity contribution is 0.698. The Balaban J connectivity index is 2.18. The summed E-state index contributed by atoms with van der Waals surface area (Å²) in [5.41, 5.74) is 2.40. The summed E-state index contributed by atoms with van der Waals surface area (Å²) >= 11 is 3.61. The molecule has 0 spiro atoms. The first-order chi connectivity index (χ1) is 7.36. The quantitative estimate of drug-likeness (QED) is 0.829. The fourth-order valence-electron chi connectivity index (χ4n) is 2.56. The Bertz CT molecular complexity index is 483. The summed E-state index contributed by atoms with van der Waals surface area (Å²) < 4.78 is 1.16. The van der Waals surface area contributed by atoms with Gasteiger partial charge in [0.2, 0.25) is 0 Å². The fourth-order valence-corrected chi connectivity index (χ4v) is 3.13. The summed E-state index contributed by atoms with van der Waals surface area (Å²) in [7, 11) is 0. The SMILES string of the molecule is Brc1cccc2n[nH]c(C3CCCC3)c12. The lowest BCUT2D eigenvalue weighted by Crippen LogP contribution is -1.93. The second kappa shape index (κ2) is 3.63. The summed E-state index contributed by atoms with van der Waals surface area (Å²) in [5.74, 6) is 0.689. The highest BCUT2D eigenvalue weighted by atomic mass is 79.9. The molecule has 1 aromatic heterocycles. The number of H-pyrrole nitrogens is 1. The first-order valence-electron chi connectivity index (χ1n) is 5.49. The van der Waals surface area contributed by atoms with Gasteiger partial charge in [0.15, 0.2) is 0 Å². The number of halogens is 1. The zero-order valence-corrected chi connectivity index (χ0v) is 10.0. The third-order valence-electron chi connectivity index (χ3n) is 3.32. The summed E-state index contributed by atoms with van der Waals surface area (Å²) in [6, 6.07) is 6.19. The molecular weight excluding hydrogens is 252 g/mol. The van der Waals surface area contributed by atoms with Crippen molar-refractivity contribution in [1.82, 2.24) is 10.2 Å². The Morgan fingerprint density at radius 1 is 1.27 bits per heavy atom. The number of fused-ring (bicyclic) bond motifs is 1. The highest BCUT2D eigenvalue weighted by Gasteiger charge is 2.21. The smallest absolute Gasteiger partial charge is 0.0935 e. The van der Waals surface area contributed by atoms with Crippen LogP contribution >= 0.6 is 15.9 Å². The Kier molecular flexibility index (Phi) is 2.28. The minimum Gasteiger partial charge on any atom is -0.281 e. The summed E-state index contributed by atoms with van der Waals surface area (Å²) in [6.07, 6.45) is 5.32. The van der Waals surface area contributed by atoms with Gasteiger partial charge in [-0.25, -0.2) is 0 Å². The summed E-state index contributed by atoms with van der Waals surface area (Å²) in [5, 5.41) is 8.87. The molecule has 3 heteroatoms. The fraction of sp³-hybridized carbons (Fsp3) is 0.417. The standard InChI is InChI=1S/C12H13BrN2/c13-9-6-3-7-10-11(9)12(15-14-10)8-4-1-2-5-8/h3,6-8H,1-2,4-5H2,(H,14,15). The van der Waals surface area contributed by atoms with Gasteiger partial charge in [-0.1, -0.05) is 34.8 Å². The average molecular weight is 265 g/mol. The molecule has 0 atom stereocenters. The average Bonchev–Trinajstić information content (AvgIpc) is 2.85. The molecule has 0 saturated heterocycles. The number of hydrogen-bond donors (Lipinski definition) is 1. The van der Waals surface area contributed by atoms with Crippen molar-refractivity contribution in [1.29, 1.82) is 0 Å². The van der Waals surface area contributed by atoms with E-state index < -0.39 is 0 Å². The van der Waals surface area contributed by atoms with Gasteiger partial charge < -0.3 is 0 Å². The van der Waals surface area contributed by atoms with Crippen LogP contribution in [0.3, 0.4) is 0 Å². The van der Waals surface area contributed by atoms with E-state index in [9.17, 15) is 0 Å². The van der Waals surface area contributed by atoms with E-state index in [0.717, 1.165) is 9.99 Å². The molecule has 1 aliphatic rings. The zero-order valence-electron chi connectivity index (χ0n) is 8.46. The number of aromatic nitrogens is 2. The van der Waals surface area contributed by atoms with Gasteiger partial charge in [0.25, 0.3) is 0 Å². The summed E-state index contributed by atoms with van der Waals surface area (Å²) in [4.78, 5) is 0. The Labute approximate surface area is 97.2 Å². The Morgan fingerprint density at radius 3 is 2.87 bits per heavy atom. The largest absolute Gasteiger partial charge is 0.281 e. The van der Waals surface area contributed by atoms with Crippen LogP contribution in [0.2, 0.25) is 0 Å². The van der Waals surface area contributed by atoms with E-state index in [1.54, 1.807) is 0 Å². The van der Waals surface area contributed by atoms with E-state index in [0.29, 0.717) is 5.92 Å². The van der Waals surface area contributed by atoms with Crippen LogP contribution in [0, 0.1) is 0 Å². The maximum absolute atomic E-state index is 4.37. The van der Waals surface area contributed by atoms with Gasteiger partial charge >= 0.3 is 0 Å². The van der Waals surface area contributed by atoms with Gasteiger partial charge in [-0.2, -0.15) is 5.10 Å². The van der Waals surface area contributed by atoms with Gasteiger partial charge in [-0.15, -0.1) is 0 Å². The van der Waals surface area contributed by atoms with E-state index in [1.807, 2.05) is 6.07 Å². The molecule has 1 fully saturated rings. The molecule has 0 bridgehead atoms. The highest BCUT2D eigenvalue weighted by molar-refractivity contribution is 9.10. The molecule has 0 radical (unpaired) electrons. The van der Waals surface area contributed by atoms with E-state index in [4.69, 9.17) is 0 Å². The lowest BCUT2D eigenvalue weighted by atomic mass is 10.0. The van der Waals surface area contributed by atoms with Crippen LogP contribution in [-0.2, 0) is 0 Å². The maximum Gasteiger partial charge on any atom is 0.0935 e. The maximum atomic E-state index is 4.37. The van der Waals surface area contributed by atoms with Crippen LogP contribution in [0.5, 0.6) is 0 Å². The Morgan fingerprint density at radius 2 is 2.07 bits per heavy atom. The molecule has 0 unspecified atom stereocenters. The molecule has 1 aromatic carbocycles. The highest BCUT2D eigenvalue weighted by Crippen LogP contribution is 2.38. The molecule has 2 aromatic rings. The van der Waals surface area contributed by atoms with Crippen molar-refractivity contribution in [2.75, 3.05) is 0 Å². The van der Waals surface area contributed by atoms with E-state index in [-0.39, 0.29) is 0 Å². The lowest BCUT2D eigenvalue weighted by Gasteiger charge is -2.06. The van der Waals surface area contributed by atoms with Crippen LogP contribution in [0.15, 0.2) is 22.7 Å². The minimum absolute atomic E-state index is 0.689. The number of nitrogens with one attached hydrogen (secondary N) is 1. The van der Waals surface area contributed by atoms with Crippen molar-refractivity contribution in [2.24, 2.45) is 0 Å². The van der Waals surface area contributed by atoms with Crippen molar-refractivity contribution in [2.45, 2.75) is 31.6 Å². The van der Waals surface area contributed by atoms with Crippen LogP contribution in [0.25, 0.3) is 10.9 Å². The summed E-state index contributed by atoms with van der Waals surface area (Å²) in [6.45, 7) is 0. The number of hydrogen-bond acceptors (Lipinski definition) is 1. The second-order valence-corrected chi connectivity index (χ2v) is 5.11. The first-order valence-corrected chi connectivity index (χ1v) is 6.28. The topological polar surface area (TPSA) is 28.7 Å². The van der Waals surface area contributed by atoms with Crippen molar-refractivity contribution in [3.05, 3.63) is 28.4 Å². The second-order valence-electron chi connectivity index (χ2n) is 4.25. The molecule has 1 N–H and O–H groups in total. The van der Waals surface area contributed by atoms with E-state index in [2.05, 4.69) is 38.3 Å². The molecule has 1 aliphatic carbocycles. The monoisotopic (exact) mass is 264 g/mol. The number of rotatable bonds is 1. The number of nitrogens with zero attached hydrogens (tertiary/aromatic N) is 1. The van der Waals surface area contributed by atoms with Crippen LogP contribution < -0.4 is 0 Å². The third kappa shape index (κ3) is 1.49. The molecule has 15 heavy (non-hydrogen) atoms. The Hall–Kier alpha value is -0.830. The van der Waals surface area contributed by atoms with Gasteiger partial charge in [-0.3, -0.25) is 5.10 Å². The van der Waals surface area contributed by atoms with Crippen molar-refractivity contribution < 1.29 is 0 Å². The van der Waals surface area contributed by atoms with Crippen molar-refractivity contribution >= 4 is 26.8 Å². The zero-order chi connectivity index (χ0) is 10.3.